The summed E-state index contributed by atoms with van der Waals surface area (Å²) in [7, 11) is 3.25. The molecule has 0 bridgehead atoms. The van der Waals surface area contributed by atoms with Crippen LogP contribution in [-0.4, -0.2) is 22.9 Å². The van der Waals surface area contributed by atoms with Gasteiger partial charge in [0, 0.05) is 14.1 Å². The van der Waals surface area contributed by atoms with E-state index in [4.69, 9.17) is 5.26 Å². The van der Waals surface area contributed by atoms with E-state index >= 15 is 0 Å². The maximum absolute atomic E-state index is 11.1. The maximum atomic E-state index is 11.1. The number of nitriles is 1. The van der Waals surface area contributed by atoms with Crippen LogP contribution in [0.3, 0.4) is 0 Å². The van der Waals surface area contributed by atoms with E-state index in [-0.39, 0.29) is 6.03 Å². The van der Waals surface area contributed by atoms with Gasteiger partial charge in [-0.2, -0.15) is 10.4 Å². The molecule has 15 heavy (non-hydrogen) atoms. The largest absolute Gasteiger partial charge is 0.341 e. The number of carbonyl (C=O) groups excluding carboxylic acids is 1. The van der Waals surface area contributed by atoms with Gasteiger partial charge in [-0.25, -0.2) is 4.79 Å². The van der Waals surface area contributed by atoms with E-state index < -0.39 is 0 Å². The highest BCUT2D eigenvalue weighted by Gasteiger charge is 2.15. The molecule has 1 aromatic heterocycles. The highest BCUT2D eigenvalue weighted by molar-refractivity contribution is 5.89. The van der Waals surface area contributed by atoms with E-state index in [1.54, 1.807) is 11.7 Å². The molecule has 0 aliphatic carbocycles. The molecule has 0 aliphatic heterocycles. The van der Waals surface area contributed by atoms with Gasteiger partial charge < -0.3 is 5.32 Å². The highest BCUT2D eigenvalue weighted by Crippen LogP contribution is 2.17. The Labute approximate surface area is 87.9 Å². The van der Waals surface area contributed by atoms with E-state index in [0.717, 1.165) is 5.69 Å². The third-order valence-corrected chi connectivity index (χ3v) is 2.07. The molecule has 6 heteroatoms. The van der Waals surface area contributed by atoms with Crippen LogP contribution in [0, 0.1) is 11.3 Å². The second-order valence-corrected chi connectivity index (χ2v) is 2.96. The van der Waals surface area contributed by atoms with E-state index in [0.29, 0.717) is 17.8 Å². The number of hydrogen-bond acceptors (Lipinski definition) is 3. The van der Waals surface area contributed by atoms with Crippen LogP contribution in [-0.2, 0) is 13.5 Å². The first-order valence-electron chi connectivity index (χ1n) is 4.58. The molecule has 0 aliphatic rings. The van der Waals surface area contributed by atoms with Crippen molar-refractivity contribution in [2.24, 2.45) is 7.05 Å². The Balaban J connectivity index is 3.09. The van der Waals surface area contributed by atoms with Gasteiger partial charge in [-0.1, -0.05) is 6.92 Å². The quantitative estimate of drug-likeness (QED) is 0.745. The predicted octanol–water partition coefficient (Wildman–Crippen LogP) is 0.605. The number of aromatic nitrogens is 2. The molecule has 0 radical (unpaired) electrons. The Hall–Kier alpha value is -2.03. The lowest BCUT2D eigenvalue weighted by Crippen LogP contribution is -2.25. The number of aryl methyl sites for hydroxylation is 1. The SMILES string of the molecule is CCc1c(C#N)c(NC(=O)NC)nn1C. The van der Waals surface area contributed by atoms with Crippen molar-refractivity contribution in [3.05, 3.63) is 11.3 Å². The molecular weight excluding hydrogens is 194 g/mol. The van der Waals surface area contributed by atoms with Gasteiger partial charge in [0.1, 0.15) is 11.6 Å². The third kappa shape index (κ3) is 2.07. The van der Waals surface area contributed by atoms with E-state index in [1.807, 2.05) is 13.0 Å². The first-order chi connectivity index (χ1) is 7.13. The number of anilines is 1. The van der Waals surface area contributed by atoms with Gasteiger partial charge in [0.2, 0.25) is 0 Å². The number of urea groups is 1. The molecule has 1 heterocycles. The third-order valence-electron chi connectivity index (χ3n) is 2.07. The van der Waals surface area contributed by atoms with Gasteiger partial charge in [0.25, 0.3) is 0 Å². The van der Waals surface area contributed by atoms with E-state index in [1.165, 1.54) is 7.05 Å². The molecular formula is C9H13N5O. The van der Waals surface area contributed by atoms with Crippen LogP contribution < -0.4 is 10.6 Å². The summed E-state index contributed by atoms with van der Waals surface area (Å²) in [4.78, 5) is 11.1. The Morgan fingerprint density at radius 2 is 2.33 bits per heavy atom. The maximum Gasteiger partial charge on any atom is 0.320 e. The van der Waals surface area contributed by atoms with Gasteiger partial charge >= 0.3 is 6.03 Å². The smallest absolute Gasteiger partial charge is 0.320 e. The summed E-state index contributed by atoms with van der Waals surface area (Å²) in [6, 6.07) is 1.66. The topological polar surface area (TPSA) is 82.7 Å². The summed E-state index contributed by atoms with van der Waals surface area (Å²) in [6.07, 6.45) is 0.696. The van der Waals surface area contributed by atoms with E-state index in [9.17, 15) is 4.79 Å². The van der Waals surface area contributed by atoms with E-state index in [2.05, 4.69) is 15.7 Å². The van der Waals surface area contributed by atoms with Crippen LogP contribution in [0.2, 0.25) is 0 Å². The molecule has 0 saturated carbocycles. The molecule has 1 aromatic rings. The molecule has 0 aromatic carbocycles. The molecule has 80 valence electrons. The van der Waals surface area contributed by atoms with Crippen molar-refractivity contribution in [3.63, 3.8) is 0 Å². The standard InChI is InChI=1S/C9H13N5O/c1-4-7-6(5-10)8(13-14(7)3)12-9(15)11-2/h4H2,1-3H3,(H2,11,12,13,15). The van der Waals surface area contributed by atoms with Crippen molar-refractivity contribution < 1.29 is 4.79 Å². The summed E-state index contributed by atoms with van der Waals surface area (Å²) in [5.41, 5.74) is 1.23. The van der Waals surface area contributed by atoms with Crippen LogP contribution >= 0.6 is 0 Å². The molecule has 6 nitrogen and oxygen atoms in total. The van der Waals surface area contributed by atoms with Gasteiger partial charge in [0.15, 0.2) is 5.82 Å². The van der Waals surface area contributed by atoms with Crippen LogP contribution in [0.5, 0.6) is 0 Å². The molecule has 0 fully saturated rings. The zero-order valence-electron chi connectivity index (χ0n) is 8.96. The van der Waals surface area contributed by atoms with Crippen LogP contribution in [0.25, 0.3) is 0 Å². The summed E-state index contributed by atoms with van der Waals surface area (Å²) in [5, 5.41) is 17.9. The zero-order valence-corrected chi connectivity index (χ0v) is 8.96. The lowest BCUT2D eigenvalue weighted by Gasteiger charge is -1.99. The fourth-order valence-corrected chi connectivity index (χ4v) is 1.34. The van der Waals surface area contributed by atoms with Gasteiger partial charge in [-0.3, -0.25) is 10.00 Å². The highest BCUT2D eigenvalue weighted by atomic mass is 16.2. The summed E-state index contributed by atoms with van der Waals surface area (Å²) in [5.74, 6) is 0.302. The first kappa shape index (κ1) is 11.0. The minimum absolute atomic E-state index is 0.302. The molecule has 0 spiro atoms. The summed E-state index contributed by atoms with van der Waals surface area (Å²) in [6.45, 7) is 1.93. The van der Waals surface area contributed by atoms with Crippen molar-refractivity contribution in [1.82, 2.24) is 15.1 Å². The number of nitrogens with one attached hydrogen (secondary N) is 2. The molecule has 1 rings (SSSR count). The lowest BCUT2D eigenvalue weighted by molar-refractivity contribution is 0.254. The minimum Gasteiger partial charge on any atom is -0.341 e. The van der Waals surface area contributed by atoms with Crippen molar-refractivity contribution in [3.8, 4) is 6.07 Å². The van der Waals surface area contributed by atoms with Crippen LogP contribution in [0.4, 0.5) is 10.6 Å². The Bertz CT molecular complexity index is 415. The van der Waals surface area contributed by atoms with Crippen molar-refractivity contribution in [2.75, 3.05) is 12.4 Å². The van der Waals surface area contributed by atoms with Gasteiger partial charge in [-0.15, -0.1) is 0 Å². The average Bonchev–Trinajstić information content (AvgIpc) is 2.53. The molecule has 0 saturated heterocycles. The van der Waals surface area contributed by atoms with Crippen LogP contribution in [0.15, 0.2) is 0 Å². The number of nitrogens with zero attached hydrogens (tertiary/aromatic N) is 3. The molecule has 0 atom stereocenters. The monoisotopic (exact) mass is 207 g/mol. The minimum atomic E-state index is -0.382. The molecule has 2 amide bonds. The summed E-state index contributed by atoms with van der Waals surface area (Å²) < 4.78 is 1.60. The Kier molecular flexibility index (Phi) is 3.29. The average molecular weight is 207 g/mol. The van der Waals surface area contributed by atoms with Gasteiger partial charge in [-0.05, 0) is 6.42 Å². The second kappa shape index (κ2) is 4.46. The number of hydrogen-bond donors (Lipinski definition) is 2. The zero-order chi connectivity index (χ0) is 11.4. The lowest BCUT2D eigenvalue weighted by atomic mass is 10.2. The normalized spacial score (nSPS) is 9.47. The number of carbonyl (C=O) groups is 1. The number of amides is 2. The summed E-state index contributed by atoms with van der Waals surface area (Å²) >= 11 is 0. The predicted molar refractivity (Wildman–Crippen MR) is 55.4 cm³/mol. The Morgan fingerprint density at radius 1 is 1.67 bits per heavy atom. The molecule has 2 N–H and O–H groups in total. The van der Waals surface area contributed by atoms with Crippen molar-refractivity contribution in [1.29, 1.82) is 5.26 Å². The van der Waals surface area contributed by atoms with Crippen molar-refractivity contribution in [2.45, 2.75) is 13.3 Å². The fraction of sp³-hybridized carbons (Fsp3) is 0.444. The first-order valence-corrected chi connectivity index (χ1v) is 4.58. The molecule has 0 unspecified atom stereocenters. The number of rotatable bonds is 2. The fourth-order valence-electron chi connectivity index (χ4n) is 1.34. The van der Waals surface area contributed by atoms with Gasteiger partial charge in [0.05, 0.1) is 5.69 Å². The Morgan fingerprint density at radius 3 is 2.80 bits per heavy atom. The van der Waals surface area contributed by atoms with Crippen LogP contribution in [0.1, 0.15) is 18.2 Å². The second-order valence-electron chi connectivity index (χ2n) is 2.96. The van der Waals surface area contributed by atoms with Crippen molar-refractivity contribution >= 4 is 11.8 Å².